The summed E-state index contributed by atoms with van der Waals surface area (Å²) in [5.74, 6) is 2.08. The number of furan rings is 1. The van der Waals surface area contributed by atoms with Crippen LogP contribution in [0.25, 0.3) is 0 Å². The average molecular weight is 322 g/mol. The van der Waals surface area contributed by atoms with E-state index in [0.717, 1.165) is 35.4 Å². The van der Waals surface area contributed by atoms with E-state index in [-0.39, 0.29) is 6.04 Å². The van der Waals surface area contributed by atoms with Crippen molar-refractivity contribution in [3.8, 4) is 0 Å². The number of nitrogens with one attached hydrogen (secondary N) is 1. The largest absolute Gasteiger partial charge is 0.464 e. The van der Waals surface area contributed by atoms with Crippen molar-refractivity contribution in [3.63, 3.8) is 0 Å². The van der Waals surface area contributed by atoms with Gasteiger partial charge in [0.2, 0.25) is 0 Å². The van der Waals surface area contributed by atoms with Crippen LogP contribution >= 0.6 is 15.9 Å². The molecule has 3 heteroatoms. The maximum Gasteiger partial charge on any atom is 0.121 e. The van der Waals surface area contributed by atoms with Crippen LogP contribution in [-0.2, 0) is 12.8 Å². The fraction of sp³-hybridized carbons (Fsp3) is 0.375. The smallest absolute Gasteiger partial charge is 0.121 e. The van der Waals surface area contributed by atoms with Crippen LogP contribution in [0.4, 0.5) is 0 Å². The Balaban J connectivity index is 2.13. The third-order valence-electron chi connectivity index (χ3n) is 3.18. The SMILES string of the molecule is CCNC(Cc1ccc(Br)cc1)c1ccc(CC)o1. The number of halogens is 1. The second kappa shape index (κ2) is 6.92. The molecule has 102 valence electrons. The summed E-state index contributed by atoms with van der Waals surface area (Å²) in [7, 11) is 0. The highest BCUT2D eigenvalue weighted by Gasteiger charge is 2.15. The van der Waals surface area contributed by atoms with E-state index >= 15 is 0 Å². The lowest BCUT2D eigenvalue weighted by molar-refractivity contribution is 0.397. The molecule has 0 spiro atoms. The molecule has 0 bridgehead atoms. The number of aryl methyl sites for hydroxylation is 1. The molecular weight excluding hydrogens is 302 g/mol. The second-order valence-corrected chi connectivity index (χ2v) is 5.51. The summed E-state index contributed by atoms with van der Waals surface area (Å²) in [6.45, 7) is 5.17. The highest BCUT2D eigenvalue weighted by atomic mass is 79.9. The summed E-state index contributed by atoms with van der Waals surface area (Å²) in [6.07, 6.45) is 1.88. The first-order valence-electron chi connectivity index (χ1n) is 6.79. The van der Waals surface area contributed by atoms with Crippen LogP contribution < -0.4 is 5.32 Å². The van der Waals surface area contributed by atoms with Gasteiger partial charge >= 0.3 is 0 Å². The van der Waals surface area contributed by atoms with Crippen molar-refractivity contribution in [2.45, 2.75) is 32.7 Å². The highest BCUT2D eigenvalue weighted by Crippen LogP contribution is 2.22. The first kappa shape index (κ1) is 14.4. The van der Waals surface area contributed by atoms with Crippen LogP contribution in [0.2, 0.25) is 0 Å². The van der Waals surface area contributed by atoms with E-state index < -0.39 is 0 Å². The highest BCUT2D eigenvalue weighted by molar-refractivity contribution is 9.10. The van der Waals surface area contributed by atoms with Crippen molar-refractivity contribution in [2.75, 3.05) is 6.54 Å². The zero-order chi connectivity index (χ0) is 13.7. The minimum absolute atomic E-state index is 0.242. The lowest BCUT2D eigenvalue weighted by atomic mass is 10.0. The number of rotatable bonds is 6. The molecule has 0 fully saturated rings. The molecule has 1 unspecified atom stereocenters. The molecule has 1 aromatic heterocycles. The normalized spacial score (nSPS) is 12.6. The van der Waals surface area contributed by atoms with Crippen molar-refractivity contribution < 1.29 is 4.42 Å². The molecule has 1 aromatic carbocycles. The predicted octanol–water partition coefficient (Wildman–Crippen LogP) is 4.50. The van der Waals surface area contributed by atoms with Crippen molar-refractivity contribution >= 4 is 15.9 Å². The minimum atomic E-state index is 0.242. The Morgan fingerprint density at radius 2 is 1.84 bits per heavy atom. The molecule has 1 heterocycles. The van der Waals surface area contributed by atoms with E-state index in [9.17, 15) is 0 Å². The van der Waals surface area contributed by atoms with Gasteiger partial charge in [-0.25, -0.2) is 0 Å². The number of hydrogen-bond donors (Lipinski definition) is 1. The first-order chi connectivity index (χ1) is 9.22. The lowest BCUT2D eigenvalue weighted by Crippen LogP contribution is -2.22. The van der Waals surface area contributed by atoms with Gasteiger partial charge in [0.1, 0.15) is 11.5 Å². The van der Waals surface area contributed by atoms with Gasteiger partial charge in [-0.2, -0.15) is 0 Å². The lowest BCUT2D eigenvalue weighted by Gasteiger charge is -2.15. The fourth-order valence-electron chi connectivity index (χ4n) is 2.15. The molecule has 0 saturated carbocycles. The van der Waals surface area contributed by atoms with Crippen molar-refractivity contribution in [1.82, 2.24) is 5.32 Å². The standard InChI is InChI=1S/C16H20BrNO/c1-3-14-9-10-16(19-14)15(18-4-2)11-12-5-7-13(17)8-6-12/h5-10,15,18H,3-4,11H2,1-2H3. The van der Waals surface area contributed by atoms with E-state index in [1.54, 1.807) is 0 Å². The Bertz CT molecular complexity index is 504. The molecular formula is C16H20BrNO. The van der Waals surface area contributed by atoms with Gasteiger partial charge in [-0.15, -0.1) is 0 Å². The van der Waals surface area contributed by atoms with E-state index in [4.69, 9.17) is 4.42 Å². The van der Waals surface area contributed by atoms with Gasteiger partial charge in [-0.1, -0.05) is 41.9 Å². The Hall–Kier alpha value is -1.06. The quantitative estimate of drug-likeness (QED) is 0.847. The molecule has 0 amide bonds. The summed E-state index contributed by atoms with van der Waals surface area (Å²) < 4.78 is 6.99. The Kier molecular flexibility index (Phi) is 5.23. The predicted molar refractivity (Wildman–Crippen MR) is 82.3 cm³/mol. The van der Waals surface area contributed by atoms with Crippen molar-refractivity contribution in [1.29, 1.82) is 0 Å². The minimum Gasteiger partial charge on any atom is -0.464 e. The van der Waals surface area contributed by atoms with Gasteiger partial charge < -0.3 is 9.73 Å². The van der Waals surface area contributed by atoms with Gasteiger partial charge in [0, 0.05) is 10.9 Å². The molecule has 0 aliphatic rings. The third kappa shape index (κ3) is 3.95. The summed E-state index contributed by atoms with van der Waals surface area (Å²) in [5.41, 5.74) is 1.31. The van der Waals surface area contributed by atoms with Crippen LogP contribution in [0.1, 0.15) is 37.0 Å². The Morgan fingerprint density at radius 1 is 1.11 bits per heavy atom. The Labute approximate surface area is 123 Å². The molecule has 19 heavy (non-hydrogen) atoms. The average Bonchev–Trinajstić information content (AvgIpc) is 2.89. The molecule has 0 aliphatic heterocycles. The van der Waals surface area contributed by atoms with Gasteiger partial charge in [-0.3, -0.25) is 0 Å². The summed E-state index contributed by atoms with van der Waals surface area (Å²) >= 11 is 3.47. The van der Waals surface area contributed by atoms with E-state index in [2.05, 4.69) is 71.5 Å². The number of benzene rings is 1. The number of likely N-dealkylation sites (N-methyl/N-ethyl adjacent to an activating group) is 1. The zero-order valence-corrected chi connectivity index (χ0v) is 13.0. The van der Waals surface area contributed by atoms with Gasteiger partial charge in [0.25, 0.3) is 0 Å². The topological polar surface area (TPSA) is 25.2 Å². The molecule has 1 atom stereocenters. The van der Waals surface area contributed by atoms with Crippen LogP contribution in [0, 0.1) is 0 Å². The van der Waals surface area contributed by atoms with Crippen molar-refractivity contribution in [3.05, 3.63) is 58.0 Å². The molecule has 0 aliphatic carbocycles. The maximum absolute atomic E-state index is 5.87. The van der Waals surface area contributed by atoms with Crippen LogP contribution in [-0.4, -0.2) is 6.54 Å². The molecule has 0 radical (unpaired) electrons. The second-order valence-electron chi connectivity index (χ2n) is 4.60. The molecule has 1 N–H and O–H groups in total. The van der Waals surface area contributed by atoms with Gasteiger partial charge in [-0.05, 0) is 42.8 Å². The maximum atomic E-state index is 5.87. The van der Waals surface area contributed by atoms with Crippen LogP contribution in [0.3, 0.4) is 0 Å². The molecule has 2 aromatic rings. The summed E-state index contributed by atoms with van der Waals surface area (Å²) in [5, 5.41) is 3.49. The monoisotopic (exact) mass is 321 g/mol. The third-order valence-corrected chi connectivity index (χ3v) is 3.71. The zero-order valence-electron chi connectivity index (χ0n) is 11.4. The van der Waals surface area contributed by atoms with Gasteiger partial charge in [0.05, 0.1) is 6.04 Å². The summed E-state index contributed by atoms with van der Waals surface area (Å²) in [6, 6.07) is 12.9. The molecule has 2 nitrogen and oxygen atoms in total. The number of hydrogen-bond acceptors (Lipinski definition) is 2. The first-order valence-corrected chi connectivity index (χ1v) is 7.58. The summed E-state index contributed by atoms with van der Waals surface area (Å²) in [4.78, 5) is 0. The fourth-order valence-corrected chi connectivity index (χ4v) is 2.41. The van der Waals surface area contributed by atoms with Crippen molar-refractivity contribution in [2.24, 2.45) is 0 Å². The molecule has 0 saturated heterocycles. The van der Waals surface area contributed by atoms with Crippen LogP contribution in [0.15, 0.2) is 45.3 Å². The Morgan fingerprint density at radius 3 is 2.42 bits per heavy atom. The van der Waals surface area contributed by atoms with E-state index in [0.29, 0.717) is 0 Å². The molecule has 2 rings (SSSR count). The van der Waals surface area contributed by atoms with E-state index in [1.807, 2.05) is 0 Å². The van der Waals surface area contributed by atoms with Crippen LogP contribution in [0.5, 0.6) is 0 Å². The van der Waals surface area contributed by atoms with E-state index in [1.165, 1.54) is 5.56 Å². The van der Waals surface area contributed by atoms with Gasteiger partial charge in [0.15, 0.2) is 0 Å².